The Balaban J connectivity index is 1.22. The maximum Gasteiger partial charge on any atom is 0.252 e. The van der Waals surface area contributed by atoms with Gasteiger partial charge in [0.15, 0.2) is 5.82 Å². The number of hydrogen-bond donors (Lipinski definition) is 1. The van der Waals surface area contributed by atoms with Crippen LogP contribution < -0.4 is 10.2 Å². The van der Waals surface area contributed by atoms with Gasteiger partial charge in [-0.2, -0.15) is 5.10 Å². The van der Waals surface area contributed by atoms with Crippen LogP contribution in [0.5, 0.6) is 0 Å². The number of anilines is 1. The second-order valence-electron chi connectivity index (χ2n) is 7.24. The zero-order valence-electron chi connectivity index (χ0n) is 14.9. The summed E-state index contributed by atoms with van der Waals surface area (Å²) < 4.78 is 6.17. The van der Waals surface area contributed by atoms with Crippen molar-refractivity contribution < 1.29 is 9.53 Å². The number of hydrogen-bond acceptors (Lipinski definition) is 6. The van der Waals surface area contributed by atoms with E-state index in [4.69, 9.17) is 4.74 Å². The molecule has 0 aromatic carbocycles. The van der Waals surface area contributed by atoms with E-state index >= 15 is 0 Å². The summed E-state index contributed by atoms with van der Waals surface area (Å²) in [5, 5.41) is 11.3. The minimum absolute atomic E-state index is 0.0591. The standard InChI is InChI=1S/C19H23N5O2/c1-14-4-5-17(23-22-14)24-12-19(13-24)7-6-15(11-26-19)9-21-18(25)16-3-2-8-20-10-16/h2-5,8,10,15H,6-7,9,11-13H2,1H3,(H,21,25)/t15-/m0/s1. The highest BCUT2D eigenvalue weighted by Crippen LogP contribution is 2.37. The zero-order chi connectivity index (χ0) is 18.0. The normalized spacial score (nSPS) is 21.3. The lowest BCUT2D eigenvalue weighted by molar-refractivity contribution is -0.115. The summed E-state index contributed by atoms with van der Waals surface area (Å²) in [5.41, 5.74) is 1.46. The van der Waals surface area contributed by atoms with Crippen molar-refractivity contribution in [3.8, 4) is 0 Å². The molecular formula is C19H23N5O2. The second kappa shape index (κ2) is 6.99. The molecule has 2 aliphatic heterocycles. The van der Waals surface area contributed by atoms with Gasteiger partial charge < -0.3 is 15.0 Å². The van der Waals surface area contributed by atoms with Crippen molar-refractivity contribution >= 4 is 11.7 Å². The Morgan fingerprint density at radius 3 is 2.88 bits per heavy atom. The molecule has 2 saturated heterocycles. The van der Waals surface area contributed by atoms with E-state index in [1.807, 2.05) is 19.1 Å². The van der Waals surface area contributed by atoms with Crippen LogP contribution in [0.1, 0.15) is 28.9 Å². The lowest BCUT2D eigenvalue weighted by Crippen LogP contribution is -2.65. The highest BCUT2D eigenvalue weighted by Gasteiger charge is 2.47. The first-order chi connectivity index (χ1) is 12.6. The van der Waals surface area contributed by atoms with Crippen molar-refractivity contribution in [3.63, 3.8) is 0 Å². The Bertz CT molecular complexity index is 749. The molecule has 2 aliphatic rings. The van der Waals surface area contributed by atoms with Gasteiger partial charge in [-0.1, -0.05) is 0 Å². The number of amides is 1. The van der Waals surface area contributed by atoms with Crippen molar-refractivity contribution in [2.45, 2.75) is 25.4 Å². The molecule has 26 heavy (non-hydrogen) atoms. The van der Waals surface area contributed by atoms with Gasteiger partial charge in [-0.15, -0.1) is 5.10 Å². The topological polar surface area (TPSA) is 80.2 Å². The summed E-state index contributed by atoms with van der Waals surface area (Å²) in [6, 6.07) is 7.53. The summed E-state index contributed by atoms with van der Waals surface area (Å²) in [7, 11) is 0. The van der Waals surface area contributed by atoms with Crippen LogP contribution in [0.3, 0.4) is 0 Å². The predicted molar refractivity (Wildman–Crippen MR) is 97.0 cm³/mol. The number of carbonyl (C=O) groups excluding carboxylic acids is 1. The summed E-state index contributed by atoms with van der Waals surface area (Å²) in [6.07, 6.45) is 5.31. The SMILES string of the molecule is Cc1ccc(N2CC3(CC[C@@H](CNC(=O)c4cccnc4)CO3)C2)nn1. The molecule has 1 N–H and O–H groups in total. The fourth-order valence-electron chi connectivity index (χ4n) is 3.54. The average molecular weight is 353 g/mol. The predicted octanol–water partition coefficient (Wildman–Crippen LogP) is 1.60. The first kappa shape index (κ1) is 16.9. The minimum Gasteiger partial charge on any atom is -0.371 e. The summed E-state index contributed by atoms with van der Waals surface area (Å²) >= 11 is 0. The highest BCUT2D eigenvalue weighted by atomic mass is 16.5. The maximum atomic E-state index is 12.1. The van der Waals surface area contributed by atoms with Crippen LogP contribution in [0.25, 0.3) is 0 Å². The van der Waals surface area contributed by atoms with Crippen LogP contribution in [0.15, 0.2) is 36.7 Å². The number of aryl methyl sites for hydroxylation is 1. The lowest BCUT2D eigenvalue weighted by Gasteiger charge is -2.53. The van der Waals surface area contributed by atoms with Crippen LogP contribution in [-0.4, -0.2) is 52.9 Å². The summed E-state index contributed by atoms with van der Waals surface area (Å²) in [4.78, 5) is 18.3. The molecule has 7 nitrogen and oxygen atoms in total. The molecule has 0 bridgehead atoms. The second-order valence-corrected chi connectivity index (χ2v) is 7.24. The van der Waals surface area contributed by atoms with E-state index in [9.17, 15) is 4.79 Å². The summed E-state index contributed by atoms with van der Waals surface area (Å²) in [6.45, 7) is 4.97. The van der Waals surface area contributed by atoms with Crippen LogP contribution >= 0.6 is 0 Å². The highest BCUT2D eigenvalue weighted by molar-refractivity contribution is 5.93. The van der Waals surface area contributed by atoms with E-state index in [1.54, 1.807) is 24.5 Å². The van der Waals surface area contributed by atoms with Gasteiger partial charge in [0.2, 0.25) is 0 Å². The van der Waals surface area contributed by atoms with Gasteiger partial charge in [0.05, 0.1) is 31.0 Å². The first-order valence-electron chi connectivity index (χ1n) is 9.01. The van der Waals surface area contributed by atoms with Gasteiger partial charge >= 0.3 is 0 Å². The van der Waals surface area contributed by atoms with Gasteiger partial charge in [-0.05, 0) is 49.9 Å². The van der Waals surface area contributed by atoms with Gasteiger partial charge in [-0.3, -0.25) is 9.78 Å². The van der Waals surface area contributed by atoms with E-state index in [-0.39, 0.29) is 11.5 Å². The molecule has 0 radical (unpaired) electrons. The van der Waals surface area contributed by atoms with Crippen molar-refractivity contribution in [2.75, 3.05) is 31.1 Å². The fourth-order valence-corrected chi connectivity index (χ4v) is 3.54. The molecule has 4 rings (SSSR count). The summed E-state index contributed by atoms with van der Waals surface area (Å²) in [5.74, 6) is 1.19. The van der Waals surface area contributed by atoms with Crippen molar-refractivity contribution in [3.05, 3.63) is 47.9 Å². The number of nitrogens with zero attached hydrogens (tertiary/aromatic N) is 4. The number of pyridine rings is 1. The molecule has 0 aliphatic carbocycles. The Hall–Kier alpha value is -2.54. The van der Waals surface area contributed by atoms with Crippen LogP contribution in [0, 0.1) is 12.8 Å². The molecule has 1 atom stereocenters. The van der Waals surface area contributed by atoms with E-state index in [1.165, 1.54) is 0 Å². The lowest BCUT2D eigenvalue weighted by atomic mass is 9.83. The van der Waals surface area contributed by atoms with Crippen LogP contribution in [0.4, 0.5) is 5.82 Å². The Morgan fingerprint density at radius 1 is 1.35 bits per heavy atom. The van der Waals surface area contributed by atoms with Crippen LogP contribution in [0.2, 0.25) is 0 Å². The van der Waals surface area contributed by atoms with Crippen molar-refractivity contribution in [2.24, 2.45) is 5.92 Å². The van der Waals surface area contributed by atoms with Gasteiger partial charge in [0.1, 0.15) is 5.60 Å². The molecule has 1 spiro atoms. The molecule has 2 fully saturated rings. The Morgan fingerprint density at radius 2 is 2.23 bits per heavy atom. The van der Waals surface area contributed by atoms with E-state index < -0.39 is 0 Å². The molecule has 2 aromatic heterocycles. The first-order valence-corrected chi connectivity index (χ1v) is 9.01. The molecule has 4 heterocycles. The Labute approximate surface area is 152 Å². The van der Waals surface area contributed by atoms with Gasteiger partial charge in [0, 0.05) is 18.9 Å². The van der Waals surface area contributed by atoms with E-state index in [0.717, 1.165) is 37.4 Å². The monoisotopic (exact) mass is 353 g/mol. The molecule has 136 valence electrons. The van der Waals surface area contributed by atoms with Crippen LogP contribution in [-0.2, 0) is 4.74 Å². The largest absolute Gasteiger partial charge is 0.371 e. The number of carbonyl (C=O) groups is 1. The molecular weight excluding hydrogens is 330 g/mol. The average Bonchev–Trinajstić information content (AvgIpc) is 2.66. The van der Waals surface area contributed by atoms with E-state index in [2.05, 4.69) is 25.4 Å². The smallest absolute Gasteiger partial charge is 0.252 e. The zero-order valence-corrected chi connectivity index (χ0v) is 14.9. The third-order valence-corrected chi connectivity index (χ3v) is 5.17. The van der Waals surface area contributed by atoms with Gasteiger partial charge in [-0.25, -0.2) is 0 Å². The number of rotatable bonds is 4. The molecule has 0 saturated carbocycles. The quantitative estimate of drug-likeness (QED) is 0.899. The molecule has 0 unspecified atom stereocenters. The molecule has 1 amide bonds. The number of ether oxygens (including phenoxy) is 1. The minimum atomic E-state index is -0.0776. The maximum absolute atomic E-state index is 12.1. The Kier molecular flexibility index (Phi) is 4.55. The van der Waals surface area contributed by atoms with E-state index in [0.29, 0.717) is 24.6 Å². The molecule has 2 aromatic rings. The van der Waals surface area contributed by atoms with Gasteiger partial charge in [0.25, 0.3) is 5.91 Å². The molecule has 7 heteroatoms. The third kappa shape index (κ3) is 3.53. The van der Waals surface area contributed by atoms with Crippen molar-refractivity contribution in [1.29, 1.82) is 0 Å². The number of aromatic nitrogens is 3. The third-order valence-electron chi connectivity index (χ3n) is 5.17. The number of nitrogens with one attached hydrogen (secondary N) is 1. The fraction of sp³-hybridized carbons (Fsp3) is 0.474. The van der Waals surface area contributed by atoms with Crippen molar-refractivity contribution in [1.82, 2.24) is 20.5 Å².